The van der Waals surface area contributed by atoms with Crippen LogP contribution in [0, 0.1) is 0 Å². The highest BCUT2D eigenvalue weighted by molar-refractivity contribution is 7.18. The van der Waals surface area contributed by atoms with E-state index in [9.17, 15) is 27.6 Å². The molecule has 11 heteroatoms. The SMILES string of the molecule is CC(c1cc2c(=O)n(C)c(=O)n(CCC(F)(F)F)c2s1)N1CCNC1=O. The number of nitrogens with one attached hydrogen (secondary N) is 1. The molecule has 2 aromatic heterocycles. The molecular formula is C15H17F3N4O3S. The Hall–Kier alpha value is -2.30. The zero-order chi connectivity index (χ0) is 19.2. The fourth-order valence-electron chi connectivity index (χ4n) is 2.94. The maximum absolute atomic E-state index is 12.6. The van der Waals surface area contributed by atoms with Crippen LogP contribution in [0.25, 0.3) is 10.2 Å². The van der Waals surface area contributed by atoms with E-state index in [-0.39, 0.29) is 22.3 Å². The van der Waals surface area contributed by atoms with Crippen LogP contribution in [0.15, 0.2) is 15.7 Å². The molecule has 1 N–H and O–H groups in total. The molecule has 1 aliphatic rings. The van der Waals surface area contributed by atoms with Gasteiger partial charge in [-0.15, -0.1) is 11.3 Å². The van der Waals surface area contributed by atoms with Crippen molar-refractivity contribution in [1.82, 2.24) is 19.4 Å². The van der Waals surface area contributed by atoms with Crippen LogP contribution in [0.1, 0.15) is 24.3 Å². The van der Waals surface area contributed by atoms with E-state index in [0.29, 0.717) is 18.0 Å². The van der Waals surface area contributed by atoms with Crippen LogP contribution >= 0.6 is 11.3 Å². The van der Waals surface area contributed by atoms with E-state index in [0.717, 1.165) is 20.5 Å². The van der Waals surface area contributed by atoms with Gasteiger partial charge in [-0.3, -0.25) is 13.9 Å². The summed E-state index contributed by atoms with van der Waals surface area (Å²) in [6.45, 7) is 2.21. The average molecular weight is 390 g/mol. The number of aryl methyl sites for hydroxylation is 1. The maximum Gasteiger partial charge on any atom is 0.390 e. The average Bonchev–Trinajstić information content (AvgIpc) is 3.17. The summed E-state index contributed by atoms with van der Waals surface area (Å²) in [6, 6.07) is 0.963. The predicted octanol–water partition coefficient (Wildman–Crippen LogP) is 1.80. The van der Waals surface area contributed by atoms with Crippen LogP contribution in [0.4, 0.5) is 18.0 Å². The van der Waals surface area contributed by atoms with E-state index in [1.165, 1.54) is 7.05 Å². The first-order chi connectivity index (χ1) is 12.1. The number of nitrogens with zero attached hydrogens (tertiary/aromatic N) is 3. The molecule has 142 valence electrons. The molecule has 2 aromatic rings. The summed E-state index contributed by atoms with van der Waals surface area (Å²) < 4.78 is 39.6. The third-order valence-electron chi connectivity index (χ3n) is 4.42. The van der Waals surface area contributed by atoms with E-state index in [1.807, 2.05) is 0 Å². The number of hydrogen-bond donors (Lipinski definition) is 1. The zero-order valence-corrected chi connectivity index (χ0v) is 14.9. The molecule has 1 atom stereocenters. The molecule has 1 unspecified atom stereocenters. The minimum atomic E-state index is -4.42. The van der Waals surface area contributed by atoms with Crippen molar-refractivity contribution in [2.75, 3.05) is 13.1 Å². The number of alkyl halides is 3. The van der Waals surface area contributed by atoms with Crippen molar-refractivity contribution in [2.24, 2.45) is 7.05 Å². The zero-order valence-electron chi connectivity index (χ0n) is 14.1. The molecule has 3 heterocycles. The van der Waals surface area contributed by atoms with Gasteiger partial charge < -0.3 is 10.2 Å². The Morgan fingerprint density at radius 3 is 2.58 bits per heavy atom. The van der Waals surface area contributed by atoms with Gasteiger partial charge >= 0.3 is 17.9 Å². The van der Waals surface area contributed by atoms with Crippen LogP contribution in [-0.4, -0.2) is 39.3 Å². The normalized spacial score (nSPS) is 16.3. The molecule has 1 aliphatic heterocycles. The molecule has 0 aliphatic carbocycles. The fraction of sp³-hybridized carbons (Fsp3) is 0.533. The van der Waals surface area contributed by atoms with E-state index >= 15 is 0 Å². The van der Waals surface area contributed by atoms with Crippen molar-refractivity contribution in [3.63, 3.8) is 0 Å². The largest absolute Gasteiger partial charge is 0.390 e. The number of amides is 2. The van der Waals surface area contributed by atoms with Gasteiger partial charge in [0, 0.05) is 31.6 Å². The molecule has 0 bridgehead atoms. The van der Waals surface area contributed by atoms with Crippen molar-refractivity contribution in [1.29, 1.82) is 0 Å². The van der Waals surface area contributed by atoms with Gasteiger partial charge in [-0.25, -0.2) is 9.59 Å². The molecule has 26 heavy (non-hydrogen) atoms. The highest BCUT2D eigenvalue weighted by Crippen LogP contribution is 2.32. The number of urea groups is 1. The van der Waals surface area contributed by atoms with Gasteiger partial charge in [0.1, 0.15) is 4.83 Å². The Morgan fingerprint density at radius 1 is 1.31 bits per heavy atom. The Morgan fingerprint density at radius 2 is 2.00 bits per heavy atom. The molecule has 1 fully saturated rings. The van der Waals surface area contributed by atoms with Crippen molar-refractivity contribution in [3.05, 3.63) is 31.8 Å². The number of rotatable bonds is 4. The first-order valence-electron chi connectivity index (χ1n) is 7.94. The third kappa shape index (κ3) is 3.22. The summed E-state index contributed by atoms with van der Waals surface area (Å²) >= 11 is 1.07. The lowest BCUT2D eigenvalue weighted by atomic mass is 10.2. The van der Waals surface area contributed by atoms with Gasteiger partial charge in [0.15, 0.2) is 0 Å². The van der Waals surface area contributed by atoms with Gasteiger partial charge in [-0.1, -0.05) is 0 Å². The van der Waals surface area contributed by atoms with E-state index in [1.54, 1.807) is 17.9 Å². The monoisotopic (exact) mass is 390 g/mol. The summed E-state index contributed by atoms with van der Waals surface area (Å²) in [7, 11) is 1.24. The van der Waals surface area contributed by atoms with Crippen LogP contribution in [0.5, 0.6) is 0 Å². The molecule has 7 nitrogen and oxygen atoms in total. The Kier molecular flexibility index (Phi) is 4.59. The fourth-order valence-corrected chi connectivity index (χ4v) is 4.17. The van der Waals surface area contributed by atoms with E-state index in [2.05, 4.69) is 5.32 Å². The number of hydrogen-bond acceptors (Lipinski definition) is 4. The molecule has 0 radical (unpaired) electrons. The number of fused-ring (bicyclic) bond motifs is 1. The van der Waals surface area contributed by atoms with Crippen molar-refractivity contribution >= 4 is 27.6 Å². The van der Waals surface area contributed by atoms with E-state index < -0.39 is 30.4 Å². The lowest BCUT2D eigenvalue weighted by Crippen LogP contribution is -2.38. The molecule has 3 rings (SSSR count). The van der Waals surface area contributed by atoms with Crippen molar-refractivity contribution in [3.8, 4) is 0 Å². The number of halogens is 3. The van der Waals surface area contributed by atoms with Gasteiger partial charge in [-0.2, -0.15) is 13.2 Å². The Labute approximate surface area is 149 Å². The van der Waals surface area contributed by atoms with Gasteiger partial charge in [0.05, 0.1) is 17.8 Å². The van der Waals surface area contributed by atoms with Gasteiger partial charge in [0.25, 0.3) is 5.56 Å². The summed E-state index contributed by atoms with van der Waals surface area (Å²) in [5, 5.41) is 2.86. The molecule has 1 saturated heterocycles. The summed E-state index contributed by atoms with van der Waals surface area (Å²) in [6.07, 6.45) is -5.58. The lowest BCUT2D eigenvalue weighted by Gasteiger charge is -2.21. The molecule has 0 aromatic carbocycles. The minimum absolute atomic E-state index is 0.181. The third-order valence-corrected chi connectivity index (χ3v) is 5.75. The van der Waals surface area contributed by atoms with E-state index in [4.69, 9.17) is 0 Å². The van der Waals surface area contributed by atoms with Crippen LogP contribution in [0.3, 0.4) is 0 Å². The second-order valence-corrected chi connectivity index (χ2v) is 7.19. The summed E-state index contributed by atoms with van der Waals surface area (Å²) in [5.74, 6) is 0. The lowest BCUT2D eigenvalue weighted by molar-refractivity contribution is -0.136. The first-order valence-corrected chi connectivity index (χ1v) is 8.76. The van der Waals surface area contributed by atoms with Gasteiger partial charge in [-0.05, 0) is 13.0 Å². The second kappa shape index (κ2) is 6.45. The maximum atomic E-state index is 12.6. The first kappa shape index (κ1) is 18.5. The smallest absolute Gasteiger partial charge is 0.336 e. The standard InChI is InChI=1S/C15H17F3N4O3S/c1-8(21-6-4-19-13(21)24)10-7-9-11(23)20(2)14(25)22(12(9)26-10)5-3-15(16,17)18/h7-8H,3-6H2,1-2H3,(H,19,24). The summed E-state index contributed by atoms with van der Waals surface area (Å²) in [4.78, 5) is 38.9. The Bertz CT molecular complexity index is 975. The highest BCUT2D eigenvalue weighted by atomic mass is 32.1. The topological polar surface area (TPSA) is 76.3 Å². The number of thiophene rings is 1. The highest BCUT2D eigenvalue weighted by Gasteiger charge is 2.30. The molecular weight excluding hydrogens is 373 g/mol. The minimum Gasteiger partial charge on any atom is -0.336 e. The number of carbonyl (C=O) groups excluding carboxylic acids is 1. The number of aromatic nitrogens is 2. The predicted molar refractivity (Wildman–Crippen MR) is 90.5 cm³/mol. The van der Waals surface area contributed by atoms with Crippen LogP contribution < -0.4 is 16.6 Å². The Balaban J connectivity index is 2.10. The number of carbonyl (C=O) groups is 1. The van der Waals surface area contributed by atoms with Gasteiger partial charge in [0.2, 0.25) is 0 Å². The molecule has 0 spiro atoms. The summed E-state index contributed by atoms with van der Waals surface area (Å²) in [5.41, 5.74) is -1.35. The van der Waals surface area contributed by atoms with Crippen LogP contribution in [-0.2, 0) is 13.6 Å². The van der Waals surface area contributed by atoms with Crippen molar-refractivity contribution in [2.45, 2.75) is 32.1 Å². The molecule has 0 saturated carbocycles. The van der Waals surface area contributed by atoms with Crippen molar-refractivity contribution < 1.29 is 18.0 Å². The second-order valence-electron chi connectivity index (χ2n) is 6.13. The quantitative estimate of drug-likeness (QED) is 0.865. The molecule has 2 amide bonds. The van der Waals surface area contributed by atoms with Crippen LogP contribution in [0.2, 0.25) is 0 Å².